The molecule has 0 saturated heterocycles. The van der Waals surface area contributed by atoms with E-state index in [1.165, 1.54) is 0 Å². The number of halogens is 1. The molecule has 0 bridgehead atoms. The van der Waals surface area contributed by atoms with E-state index in [1.807, 2.05) is 43.3 Å². The van der Waals surface area contributed by atoms with Crippen LogP contribution in [0, 0.1) is 6.92 Å². The van der Waals surface area contributed by atoms with Gasteiger partial charge in [-0.1, -0.05) is 18.2 Å². The SMILES string of the molecule is Cc1ccccc1OCC(N)c1ccc(Br)o1. The van der Waals surface area contributed by atoms with Crippen LogP contribution in [0.5, 0.6) is 5.75 Å². The molecule has 1 atom stereocenters. The van der Waals surface area contributed by atoms with Gasteiger partial charge in [-0.25, -0.2) is 0 Å². The summed E-state index contributed by atoms with van der Waals surface area (Å²) < 4.78 is 11.7. The fourth-order valence-corrected chi connectivity index (χ4v) is 1.83. The first kappa shape index (κ1) is 12.2. The van der Waals surface area contributed by atoms with Crippen molar-refractivity contribution in [2.24, 2.45) is 5.73 Å². The number of para-hydroxylation sites is 1. The summed E-state index contributed by atoms with van der Waals surface area (Å²) in [7, 11) is 0. The Balaban J connectivity index is 1.97. The number of benzene rings is 1. The van der Waals surface area contributed by atoms with Gasteiger partial charge in [0, 0.05) is 0 Å². The largest absolute Gasteiger partial charge is 0.491 e. The van der Waals surface area contributed by atoms with E-state index in [9.17, 15) is 0 Å². The molecule has 4 heteroatoms. The van der Waals surface area contributed by atoms with Crippen LogP contribution in [-0.4, -0.2) is 6.61 Å². The Labute approximate surface area is 109 Å². The predicted octanol–water partition coefficient (Wildman–Crippen LogP) is 3.43. The number of rotatable bonds is 4. The smallest absolute Gasteiger partial charge is 0.169 e. The predicted molar refractivity (Wildman–Crippen MR) is 70.0 cm³/mol. The van der Waals surface area contributed by atoms with Gasteiger partial charge in [-0.05, 0) is 46.6 Å². The van der Waals surface area contributed by atoms with Crippen molar-refractivity contribution in [2.75, 3.05) is 6.61 Å². The van der Waals surface area contributed by atoms with E-state index < -0.39 is 0 Å². The highest BCUT2D eigenvalue weighted by molar-refractivity contribution is 9.10. The van der Waals surface area contributed by atoms with Crippen LogP contribution in [0.15, 0.2) is 45.5 Å². The van der Waals surface area contributed by atoms with Crippen molar-refractivity contribution in [3.05, 3.63) is 52.4 Å². The van der Waals surface area contributed by atoms with E-state index in [2.05, 4.69) is 15.9 Å². The average Bonchev–Trinajstić information content (AvgIpc) is 2.74. The molecule has 0 fully saturated rings. The van der Waals surface area contributed by atoms with Gasteiger partial charge >= 0.3 is 0 Å². The van der Waals surface area contributed by atoms with Crippen LogP contribution in [0.1, 0.15) is 17.4 Å². The lowest BCUT2D eigenvalue weighted by Gasteiger charge is -2.12. The van der Waals surface area contributed by atoms with Gasteiger partial charge in [0.15, 0.2) is 4.67 Å². The van der Waals surface area contributed by atoms with E-state index in [0.29, 0.717) is 17.0 Å². The molecule has 90 valence electrons. The van der Waals surface area contributed by atoms with Crippen molar-refractivity contribution in [2.45, 2.75) is 13.0 Å². The topological polar surface area (TPSA) is 48.4 Å². The van der Waals surface area contributed by atoms with Gasteiger partial charge in [-0.15, -0.1) is 0 Å². The Kier molecular flexibility index (Phi) is 3.86. The number of nitrogens with two attached hydrogens (primary N) is 1. The van der Waals surface area contributed by atoms with E-state index in [0.717, 1.165) is 11.3 Å². The first-order valence-corrected chi connectivity index (χ1v) is 6.15. The van der Waals surface area contributed by atoms with Crippen molar-refractivity contribution >= 4 is 15.9 Å². The fraction of sp³-hybridized carbons (Fsp3) is 0.231. The molecule has 0 aliphatic rings. The first-order valence-electron chi connectivity index (χ1n) is 5.36. The van der Waals surface area contributed by atoms with E-state index in [4.69, 9.17) is 14.9 Å². The molecule has 1 unspecified atom stereocenters. The van der Waals surface area contributed by atoms with Crippen molar-refractivity contribution in [1.82, 2.24) is 0 Å². The zero-order valence-corrected chi connectivity index (χ0v) is 11.1. The molecule has 17 heavy (non-hydrogen) atoms. The molecule has 0 amide bonds. The molecular weight excluding hydrogens is 282 g/mol. The number of aryl methyl sites for hydroxylation is 1. The van der Waals surface area contributed by atoms with Crippen LogP contribution in [0.4, 0.5) is 0 Å². The van der Waals surface area contributed by atoms with E-state index in [-0.39, 0.29) is 6.04 Å². The van der Waals surface area contributed by atoms with Crippen LogP contribution < -0.4 is 10.5 Å². The van der Waals surface area contributed by atoms with Crippen LogP contribution in [0.3, 0.4) is 0 Å². The van der Waals surface area contributed by atoms with Crippen LogP contribution >= 0.6 is 15.9 Å². The van der Waals surface area contributed by atoms with Crippen molar-refractivity contribution < 1.29 is 9.15 Å². The minimum absolute atomic E-state index is 0.263. The fourth-order valence-electron chi connectivity index (χ4n) is 1.51. The molecule has 0 spiro atoms. The third kappa shape index (κ3) is 3.11. The number of hydrogen-bond donors (Lipinski definition) is 1. The van der Waals surface area contributed by atoms with Gasteiger partial charge in [-0.2, -0.15) is 0 Å². The molecule has 1 aromatic heterocycles. The molecule has 0 radical (unpaired) electrons. The number of ether oxygens (including phenoxy) is 1. The van der Waals surface area contributed by atoms with E-state index >= 15 is 0 Å². The lowest BCUT2D eigenvalue weighted by Crippen LogP contribution is -2.18. The van der Waals surface area contributed by atoms with Crippen LogP contribution in [0.2, 0.25) is 0 Å². The van der Waals surface area contributed by atoms with Gasteiger partial charge in [0.05, 0.1) is 6.04 Å². The van der Waals surface area contributed by atoms with Crippen molar-refractivity contribution in [3.8, 4) is 5.75 Å². The third-order valence-corrected chi connectivity index (χ3v) is 2.90. The standard InChI is InChI=1S/C13H14BrNO2/c1-9-4-2-3-5-11(9)16-8-10(15)12-6-7-13(14)17-12/h2-7,10H,8,15H2,1H3. The summed E-state index contributed by atoms with van der Waals surface area (Å²) in [6, 6.07) is 11.3. The molecule has 3 nitrogen and oxygen atoms in total. The summed E-state index contributed by atoms with van der Waals surface area (Å²) in [6.45, 7) is 2.40. The van der Waals surface area contributed by atoms with Gasteiger partial charge in [0.1, 0.15) is 18.1 Å². The number of hydrogen-bond acceptors (Lipinski definition) is 3. The summed E-state index contributed by atoms with van der Waals surface area (Å²) in [4.78, 5) is 0. The summed E-state index contributed by atoms with van der Waals surface area (Å²) in [5.74, 6) is 1.57. The van der Waals surface area contributed by atoms with Crippen molar-refractivity contribution in [1.29, 1.82) is 0 Å². The lowest BCUT2D eigenvalue weighted by molar-refractivity contribution is 0.270. The maximum absolute atomic E-state index is 5.97. The molecule has 1 aromatic carbocycles. The zero-order valence-electron chi connectivity index (χ0n) is 9.52. The normalized spacial score (nSPS) is 12.4. The Hall–Kier alpha value is -1.26. The highest BCUT2D eigenvalue weighted by atomic mass is 79.9. The highest BCUT2D eigenvalue weighted by Crippen LogP contribution is 2.21. The third-order valence-electron chi connectivity index (χ3n) is 2.47. The number of furan rings is 1. The second-order valence-electron chi connectivity index (χ2n) is 3.82. The van der Waals surface area contributed by atoms with Gasteiger partial charge < -0.3 is 14.9 Å². The molecule has 0 aliphatic carbocycles. The van der Waals surface area contributed by atoms with Crippen LogP contribution in [-0.2, 0) is 0 Å². The molecule has 2 rings (SSSR count). The minimum Gasteiger partial charge on any atom is -0.491 e. The highest BCUT2D eigenvalue weighted by Gasteiger charge is 2.11. The average molecular weight is 296 g/mol. The second kappa shape index (κ2) is 5.38. The molecule has 0 saturated carbocycles. The van der Waals surface area contributed by atoms with Gasteiger partial charge in [0.25, 0.3) is 0 Å². The first-order chi connectivity index (χ1) is 8.16. The molecule has 0 aliphatic heterocycles. The molecule has 2 aromatic rings. The summed E-state index contributed by atoms with van der Waals surface area (Å²) in [6.07, 6.45) is 0. The Morgan fingerprint density at radius 1 is 1.29 bits per heavy atom. The lowest BCUT2D eigenvalue weighted by atomic mass is 10.2. The second-order valence-corrected chi connectivity index (χ2v) is 4.61. The summed E-state index contributed by atoms with van der Waals surface area (Å²) in [5, 5.41) is 0. The quantitative estimate of drug-likeness (QED) is 0.940. The van der Waals surface area contributed by atoms with Gasteiger partial charge in [0.2, 0.25) is 0 Å². The molecular formula is C13H14BrNO2. The monoisotopic (exact) mass is 295 g/mol. The van der Waals surface area contributed by atoms with Crippen LogP contribution in [0.25, 0.3) is 0 Å². The van der Waals surface area contributed by atoms with Crippen molar-refractivity contribution in [3.63, 3.8) is 0 Å². The Morgan fingerprint density at radius 3 is 2.71 bits per heavy atom. The summed E-state index contributed by atoms with van der Waals surface area (Å²) >= 11 is 3.25. The Bertz CT molecular complexity index is 496. The molecule has 2 N–H and O–H groups in total. The summed E-state index contributed by atoms with van der Waals surface area (Å²) in [5.41, 5.74) is 7.06. The Morgan fingerprint density at radius 2 is 2.06 bits per heavy atom. The van der Waals surface area contributed by atoms with Gasteiger partial charge in [-0.3, -0.25) is 0 Å². The maximum atomic E-state index is 5.97. The van der Waals surface area contributed by atoms with E-state index in [1.54, 1.807) is 0 Å². The maximum Gasteiger partial charge on any atom is 0.169 e. The molecule has 1 heterocycles. The zero-order chi connectivity index (χ0) is 12.3. The minimum atomic E-state index is -0.263.